The van der Waals surface area contributed by atoms with Gasteiger partial charge in [0, 0.05) is 25.2 Å². The summed E-state index contributed by atoms with van der Waals surface area (Å²) in [4.78, 5) is 22.6. The van der Waals surface area contributed by atoms with Gasteiger partial charge in [-0.05, 0) is 13.5 Å². The lowest BCUT2D eigenvalue weighted by atomic mass is 10.1. The van der Waals surface area contributed by atoms with Gasteiger partial charge in [0.05, 0.1) is 17.8 Å². The summed E-state index contributed by atoms with van der Waals surface area (Å²) in [6.07, 6.45) is 2.62. The van der Waals surface area contributed by atoms with Crippen molar-refractivity contribution in [3.63, 3.8) is 0 Å². The number of amides is 2. The summed E-state index contributed by atoms with van der Waals surface area (Å²) in [5.74, 6) is -0.829. The number of rotatable bonds is 10. The van der Waals surface area contributed by atoms with Gasteiger partial charge in [0.25, 0.3) is 0 Å². The van der Waals surface area contributed by atoms with E-state index in [2.05, 4.69) is 20.9 Å². The number of hydrogen-bond acceptors (Lipinski definition) is 6. The Morgan fingerprint density at radius 2 is 1.91 bits per heavy atom. The standard InChI is InChI=1S/C13H25N7O2/c1-8(2)17-10(12(14)21)4-5-20-7-9(18-19-20)6-11(16-3)13(15)22/h7-8,10-11,16-17H,4-6H2,1-3H3,(H2,14,21)(H2,15,22). The van der Waals surface area contributed by atoms with Gasteiger partial charge in [0.15, 0.2) is 0 Å². The zero-order chi connectivity index (χ0) is 16.7. The van der Waals surface area contributed by atoms with Gasteiger partial charge in [-0.1, -0.05) is 19.1 Å². The van der Waals surface area contributed by atoms with Crippen LogP contribution in [0.5, 0.6) is 0 Å². The molecule has 0 aliphatic rings. The summed E-state index contributed by atoms with van der Waals surface area (Å²) in [7, 11) is 1.66. The van der Waals surface area contributed by atoms with Crippen molar-refractivity contribution in [2.24, 2.45) is 11.5 Å². The normalized spacial score (nSPS) is 14.0. The first-order valence-electron chi connectivity index (χ1n) is 7.24. The van der Waals surface area contributed by atoms with E-state index in [1.807, 2.05) is 13.8 Å². The highest BCUT2D eigenvalue weighted by molar-refractivity contribution is 5.80. The van der Waals surface area contributed by atoms with Crippen LogP contribution in [0, 0.1) is 0 Å². The SMILES string of the molecule is CNC(Cc1cn(CCC(NC(C)C)C(N)=O)nn1)C(N)=O. The molecule has 0 saturated carbocycles. The van der Waals surface area contributed by atoms with Gasteiger partial charge >= 0.3 is 0 Å². The Kier molecular flexibility index (Phi) is 6.93. The number of nitrogens with one attached hydrogen (secondary N) is 2. The zero-order valence-corrected chi connectivity index (χ0v) is 13.2. The van der Waals surface area contributed by atoms with E-state index in [-0.39, 0.29) is 6.04 Å². The molecule has 0 radical (unpaired) electrons. The predicted octanol–water partition coefficient (Wildman–Crippen LogP) is -1.86. The van der Waals surface area contributed by atoms with E-state index in [1.54, 1.807) is 17.9 Å². The quantitative estimate of drug-likeness (QED) is 0.399. The van der Waals surface area contributed by atoms with Crippen molar-refractivity contribution in [1.82, 2.24) is 25.6 Å². The van der Waals surface area contributed by atoms with Crippen LogP contribution in [0.2, 0.25) is 0 Å². The first-order valence-corrected chi connectivity index (χ1v) is 7.24. The Hall–Kier alpha value is -2.00. The molecule has 0 spiro atoms. The minimum absolute atomic E-state index is 0.163. The summed E-state index contributed by atoms with van der Waals surface area (Å²) in [5.41, 5.74) is 11.3. The first kappa shape index (κ1) is 18.1. The zero-order valence-electron chi connectivity index (χ0n) is 13.2. The summed E-state index contributed by atoms with van der Waals surface area (Å²) in [6.45, 7) is 4.40. The van der Waals surface area contributed by atoms with Crippen molar-refractivity contribution in [2.45, 2.75) is 51.4 Å². The third kappa shape index (κ3) is 5.78. The molecule has 9 heteroatoms. The van der Waals surface area contributed by atoms with Gasteiger partial charge in [-0.3, -0.25) is 14.3 Å². The molecule has 2 unspecified atom stereocenters. The van der Waals surface area contributed by atoms with Crippen LogP contribution >= 0.6 is 0 Å². The Balaban J connectivity index is 2.57. The van der Waals surface area contributed by atoms with Gasteiger partial charge < -0.3 is 22.1 Å². The van der Waals surface area contributed by atoms with E-state index in [1.165, 1.54) is 0 Å². The molecule has 124 valence electrons. The smallest absolute Gasteiger partial charge is 0.234 e. The third-order valence-electron chi connectivity index (χ3n) is 3.22. The number of aromatic nitrogens is 3. The van der Waals surface area contributed by atoms with Crippen molar-refractivity contribution >= 4 is 11.8 Å². The number of primary amides is 2. The monoisotopic (exact) mass is 311 g/mol. The highest BCUT2D eigenvalue weighted by atomic mass is 16.1. The minimum atomic E-state index is -0.480. The second-order valence-electron chi connectivity index (χ2n) is 5.49. The van der Waals surface area contributed by atoms with Crippen LogP contribution < -0.4 is 22.1 Å². The fourth-order valence-electron chi connectivity index (χ4n) is 2.07. The molecule has 1 aromatic rings. The van der Waals surface area contributed by atoms with Gasteiger partial charge in [-0.25, -0.2) is 0 Å². The van der Waals surface area contributed by atoms with Gasteiger partial charge in [0.1, 0.15) is 0 Å². The molecule has 6 N–H and O–H groups in total. The average Bonchev–Trinajstić information content (AvgIpc) is 2.87. The van der Waals surface area contributed by atoms with Gasteiger partial charge in [-0.15, -0.1) is 5.10 Å². The number of nitrogens with two attached hydrogens (primary N) is 2. The third-order valence-corrected chi connectivity index (χ3v) is 3.22. The Morgan fingerprint density at radius 3 is 2.41 bits per heavy atom. The molecule has 0 fully saturated rings. The molecular weight excluding hydrogens is 286 g/mol. The van der Waals surface area contributed by atoms with Crippen molar-refractivity contribution in [3.8, 4) is 0 Å². The molecular formula is C13H25N7O2. The molecule has 0 aliphatic heterocycles. The fraction of sp³-hybridized carbons (Fsp3) is 0.692. The number of aryl methyl sites for hydroxylation is 1. The summed E-state index contributed by atoms with van der Waals surface area (Å²) in [6, 6.07) is -0.731. The topological polar surface area (TPSA) is 141 Å². The van der Waals surface area contributed by atoms with Crippen LogP contribution in [-0.4, -0.2) is 52.0 Å². The molecule has 2 atom stereocenters. The van der Waals surface area contributed by atoms with Gasteiger partial charge in [-0.2, -0.15) is 0 Å². The van der Waals surface area contributed by atoms with E-state index in [4.69, 9.17) is 11.5 Å². The minimum Gasteiger partial charge on any atom is -0.368 e. The number of carbonyl (C=O) groups is 2. The van der Waals surface area contributed by atoms with Crippen LogP contribution in [0.4, 0.5) is 0 Å². The van der Waals surface area contributed by atoms with Crippen LogP contribution in [0.1, 0.15) is 26.0 Å². The average molecular weight is 311 g/mol. The molecule has 9 nitrogen and oxygen atoms in total. The van der Waals surface area contributed by atoms with E-state index in [9.17, 15) is 9.59 Å². The Labute approximate surface area is 129 Å². The maximum Gasteiger partial charge on any atom is 0.234 e. The van der Waals surface area contributed by atoms with E-state index < -0.39 is 23.9 Å². The molecule has 22 heavy (non-hydrogen) atoms. The summed E-state index contributed by atoms with van der Waals surface area (Å²) >= 11 is 0. The fourth-order valence-corrected chi connectivity index (χ4v) is 2.07. The largest absolute Gasteiger partial charge is 0.368 e. The van der Waals surface area contributed by atoms with Crippen molar-refractivity contribution < 1.29 is 9.59 Å². The van der Waals surface area contributed by atoms with Crippen LogP contribution in [0.3, 0.4) is 0 Å². The molecule has 0 aromatic carbocycles. The van der Waals surface area contributed by atoms with E-state index >= 15 is 0 Å². The molecule has 1 rings (SSSR count). The maximum absolute atomic E-state index is 11.4. The predicted molar refractivity (Wildman–Crippen MR) is 81.6 cm³/mol. The summed E-state index contributed by atoms with van der Waals surface area (Å²) in [5, 5.41) is 13.9. The Bertz CT molecular complexity index is 500. The number of hydrogen-bond donors (Lipinski definition) is 4. The highest BCUT2D eigenvalue weighted by Crippen LogP contribution is 2.02. The number of nitrogens with zero attached hydrogens (tertiary/aromatic N) is 3. The molecule has 0 bridgehead atoms. The van der Waals surface area contributed by atoms with Crippen molar-refractivity contribution in [1.29, 1.82) is 0 Å². The first-order chi connectivity index (χ1) is 10.3. The molecule has 0 saturated heterocycles. The second kappa shape index (κ2) is 8.44. The number of carbonyl (C=O) groups excluding carboxylic acids is 2. The van der Waals surface area contributed by atoms with Crippen LogP contribution in [0.25, 0.3) is 0 Å². The molecule has 1 aromatic heterocycles. The van der Waals surface area contributed by atoms with Crippen molar-refractivity contribution in [3.05, 3.63) is 11.9 Å². The summed E-state index contributed by atoms with van der Waals surface area (Å²) < 4.78 is 1.63. The molecule has 0 aliphatic carbocycles. The number of likely N-dealkylation sites (N-methyl/N-ethyl adjacent to an activating group) is 1. The molecule has 1 heterocycles. The van der Waals surface area contributed by atoms with Crippen LogP contribution in [-0.2, 0) is 22.6 Å². The lowest BCUT2D eigenvalue weighted by molar-refractivity contribution is -0.121. The highest BCUT2D eigenvalue weighted by Gasteiger charge is 2.18. The van der Waals surface area contributed by atoms with E-state index in [0.717, 1.165) is 0 Å². The Morgan fingerprint density at radius 1 is 1.27 bits per heavy atom. The maximum atomic E-state index is 11.4. The molecule has 2 amide bonds. The van der Waals surface area contributed by atoms with Crippen molar-refractivity contribution in [2.75, 3.05) is 7.05 Å². The van der Waals surface area contributed by atoms with Gasteiger partial charge in [0.2, 0.25) is 11.8 Å². The van der Waals surface area contributed by atoms with E-state index in [0.29, 0.717) is 25.1 Å². The second-order valence-corrected chi connectivity index (χ2v) is 5.49. The lowest BCUT2D eigenvalue weighted by Crippen LogP contribution is -2.45. The van der Waals surface area contributed by atoms with Crippen LogP contribution in [0.15, 0.2) is 6.20 Å². The lowest BCUT2D eigenvalue weighted by Gasteiger charge is -2.17.